The van der Waals surface area contributed by atoms with Gasteiger partial charge in [0.05, 0.1) is 0 Å². The molecule has 86 valence electrons. The van der Waals surface area contributed by atoms with Crippen LogP contribution in [0.15, 0.2) is 29.4 Å². The van der Waals surface area contributed by atoms with Crippen molar-refractivity contribution in [1.82, 2.24) is 5.43 Å². The van der Waals surface area contributed by atoms with Crippen molar-refractivity contribution in [2.24, 2.45) is 10.5 Å². The van der Waals surface area contributed by atoms with Gasteiger partial charge in [-0.1, -0.05) is 32.4 Å². The first-order valence-electron chi connectivity index (χ1n) is 4.98. The molecule has 0 aliphatic carbocycles. The molecule has 0 aliphatic rings. The van der Waals surface area contributed by atoms with E-state index in [4.69, 9.17) is 11.6 Å². The Morgan fingerprint density at radius 2 is 1.88 bits per heavy atom. The third kappa shape index (κ3) is 4.45. The zero-order valence-corrected chi connectivity index (χ0v) is 10.4. The highest BCUT2D eigenvalue weighted by molar-refractivity contribution is 6.30. The SMILES string of the molecule is CC(C)(C)/C=N\NC(=O)c1ccc(Cl)cc1. The van der Waals surface area contributed by atoms with Crippen molar-refractivity contribution in [3.8, 4) is 0 Å². The summed E-state index contributed by atoms with van der Waals surface area (Å²) in [5, 5.41) is 4.49. The van der Waals surface area contributed by atoms with Gasteiger partial charge in [-0.05, 0) is 29.7 Å². The van der Waals surface area contributed by atoms with Crippen molar-refractivity contribution >= 4 is 23.7 Å². The Hall–Kier alpha value is -1.35. The van der Waals surface area contributed by atoms with Crippen LogP contribution in [0.1, 0.15) is 31.1 Å². The number of carbonyl (C=O) groups is 1. The van der Waals surface area contributed by atoms with Gasteiger partial charge in [0.15, 0.2) is 0 Å². The van der Waals surface area contributed by atoms with Gasteiger partial charge in [-0.15, -0.1) is 0 Å². The van der Waals surface area contributed by atoms with E-state index in [9.17, 15) is 4.79 Å². The van der Waals surface area contributed by atoms with Gasteiger partial charge in [0.25, 0.3) is 5.91 Å². The largest absolute Gasteiger partial charge is 0.271 e. The first-order chi connectivity index (χ1) is 7.38. The van der Waals surface area contributed by atoms with Gasteiger partial charge >= 0.3 is 0 Å². The van der Waals surface area contributed by atoms with E-state index in [0.29, 0.717) is 10.6 Å². The summed E-state index contributed by atoms with van der Waals surface area (Å²) in [6.07, 6.45) is 1.70. The van der Waals surface area contributed by atoms with Crippen LogP contribution in [0.2, 0.25) is 5.02 Å². The van der Waals surface area contributed by atoms with E-state index < -0.39 is 0 Å². The zero-order valence-electron chi connectivity index (χ0n) is 9.62. The third-order valence-electron chi connectivity index (χ3n) is 1.72. The van der Waals surface area contributed by atoms with Crippen LogP contribution in [-0.2, 0) is 0 Å². The van der Waals surface area contributed by atoms with Gasteiger partial charge in [0.1, 0.15) is 0 Å². The number of nitrogens with one attached hydrogen (secondary N) is 1. The van der Waals surface area contributed by atoms with E-state index in [2.05, 4.69) is 10.5 Å². The number of hydrogen-bond donors (Lipinski definition) is 1. The van der Waals surface area contributed by atoms with Crippen LogP contribution < -0.4 is 5.43 Å². The van der Waals surface area contributed by atoms with E-state index in [1.807, 2.05) is 20.8 Å². The molecule has 0 fully saturated rings. The molecule has 0 spiro atoms. The molecule has 0 bridgehead atoms. The number of hydrogen-bond acceptors (Lipinski definition) is 2. The number of rotatable bonds is 2. The predicted octanol–water partition coefficient (Wildman–Crippen LogP) is 3.10. The van der Waals surface area contributed by atoms with Crippen LogP contribution in [-0.4, -0.2) is 12.1 Å². The van der Waals surface area contributed by atoms with E-state index in [1.54, 1.807) is 30.5 Å². The van der Waals surface area contributed by atoms with E-state index >= 15 is 0 Å². The lowest BCUT2D eigenvalue weighted by Gasteiger charge is -2.09. The summed E-state index contributed by atoms with van der Waals surface area (Å²) in [6.45, 7) is 6.01. The monoisotopic (exact) mass is 238 g/mol. The van der Waals surface area contributed by atoms with Crippen LogP contribution in [0.3, 0.4) is 0 Å². The van der Waals surface area contributed by atoms with Crippen LogP contribution in [0.5, 0.6) is 0 Å². The van der Waals surface area contributed by atoms with Crippen molar-refractivity contribution in [3.05, 3.63) is 34.9 Å². The summed E-state index contributed by atoms with van der Waals surface area (Å²) in [6, 6.07) is 6.66. The predicted molar refractivity (Wildman–Crippen MR) is 66.9 cm³/mol. The van der Waals surface area contributed by atoms with Crippen molar-refractivity contribution in [2.75, 3.05) is 0 Å². The molecule has 0 heterocycles. The zero-order chi connectivity index (χ0) is 12.2. The van der Waals surface area contributed by atoms with E-state index in [0.717, 1.165) is 0 Å². The smallest absolute Gasteiger partial charge is 0.267 e. The summed E-state index contributed by atoms with van der Waals surface area (Å²) >= 11 is 5.72. The van der Waals surface area contributed by atoms with Crippen LogP contribution >= 0.6 is 11.6 Å². The van der Waals surface area contributed by atoms with E-state index in [1.165, 1.54) is 0 Å². The lowest BCUT2D eigenvalue weighted by Crippen LogP contribution is -2.19. The van der Waals surface area contributed by atoms with Crippen LogP contribution in [0.25, 0.3) is 0 Å². The molecule has 0 unspecified atom stereocenters. The molecule has 0 aliphatic heterocycles. The summed E-state index contributed by atoms with van der Waals surface area (Å²) in [4.78, 5) is 11.6. The van der Waals surface area contributed by atoms with Gasteiger partial charge < -0.3 is 0 Å². The second kappa shape index (κ2) is 5.12. The van der Waals surface area contributed by atoms with Crippen LogP contribution in [0.4, 0.5) is 0 Å². The number of hydrazone groups is 1. The van der Waals surface area contributed by atoms with Crippen molar-refractivity contribution in [3.63, 3.8) is 0 Å². The molecule has 0 atom stereocenters. The summed E-state index contributed by atoms with van der Waals surface area (Å²) < 4.78 is 0. The lowest BCUT2D eigenvalue weighted by atomic mass is 9.99. The molecule has 0 saturated carbocycles. The first kappa shape index (κ1) is 12.7. The fourth-order valence-electron chi connectivity index (χ4n) is 0.950. The Bertz CT molecular complexity index is 390. The highest BCUT2D eigenvalue weighted by Gasteiger charge is 2.06. The highest BCUT2D eigenvalue weighted by atomic mass is 35.5. The normalized spacial score (nSPS) is 11.8. The molecular weight excluding hydrogens is 224 g/mol. The molecule has 3 nitrogen and oxygen atoms in total. The van der Waals surface area contributed by atoms with Crippen molar-refractivity contribution < 1.29 is 4.79 Å². The molecule has 1 N–H and O–H groups in total. The molecule has 0 saturated heterocycles. The van der Waals surface area contributed by atoms with E-state index in [-0.39, 0.29) is 11.3 Å². The second-order valence-corrected chi connectivity index (χ2v) is 5.01. The summed E-state index contributed by atoms with van der Waals surface area (Å²) in [5.41, 5.74) is 2.95. The minimum atomic E-state index is -0.239. The number of benzene rings is 1. The average Bonchev–Trinajstić information content (AvgIpc) is 2.16. The molecular formula is C12H15ClN2O. The molecule has 1 amide bonds. The average molecular weight is 239 g/mol. The molecule has 16 heavy (non-hydrogen) atoms. The number of nitrogens with zero attached hydrogens (tertiary/aromatic N) is 1. The number of carbonyl (C=O) groups excluding carboxylic acids is 1. The minimum absolute atomic E-state index is 0.0483. The third-order valence-corrected chi connectivity index (χ3v) is 1.98. The Morgan fingerprint density at radius 3 is 2.38 bits per heavy atom. The van der Waals surface area contributed by atoms with Crippen molar-refractivity contribution in [2.45, 2.75) is 20.8 Å². The second-order valence-electron chi connectivity index (χ2n) is 4.57. The van der Waals surface area contributed by atoms with Crippen molar-refractivity contribution in [1.29, 1.82) is 0 Å². The maximum atomic E-state index is 11.6. The summed E-state index contributed by atoms with van der Waals surface area (Å²) in [5.74, 6) is -0.239. The maximum absolute atomic E-state index is 11.6. The molecule has 1 rings (SSSR count). The van der Waals surface area contributed by atoms with Gasteiger partial charge in [0, 0.05) is 16.8 Å². The molecule has 1 aromatic rings. The van der Waals surface area contributed by atoms with Gasteiger partial charge in [-0.3, -0.25) is 4.79 Å². The number of amides is 1. The molecule has 1 aromatic carbocycles. The topological polar surface area (TPSA) is 41.5 Å². The Kier molecular flexibility index (Phi) is 4.07. The quantitative estimate of drug-likeness (QED) is 0.624. The van der Waals surface area contributed by atoms with Gasteiger partial charge in [-0.2, -0.15) is 5.10 Å². The minimum Gasteiger partial charge on any atom is -0.267 e. The number of halogens is 1. The maximum Gasteiger partial charge on any atom is 0.271 e. The van der Waals surface area contributed by atoms with Crippen LogP contribution in [0, 0.1) is 5.41 Å². The summed E-state index contributed by atoms with van der Waals surface area (Å²) in [7, 11) is 0. The Labute approximate surface area is 101 Å². The first-order valence-corrected chi connectivity index (χ1v) is 5.36. The van der Waals surface area contributed by atoms with Gasteiger partial charge in [0.2, 0.25) is 0 Å². The van der Waals surface area contributed by atoms with Gasteiger partial charge in [-0.25, -0.2) is 5.43 Å². The molecule has 4 heteroatoms. The fraction of sp³-hybridized carbons (Fsp3) is 0.333. The Morgan fingerprint density at radius 1 is 1.31 bits per heavy atom. The molecule has 0 radical (unpaired) electrons. The standard InChI is InChI=1S/C12H15ClN2O/c1-12(2,3)8-14-15-11(16)9-4-6-10(13)7-5-9/h4-8H,1-3H3,(H,15,16)/b14-8-. The fourth-order valence-corrected chi connectivity index (χ4v) is 1.08. The molecule has 0 aromatic heterocycles. The highest BCUT2D eigenvalue weighted by Crippen LogP contribution is 2.10. The lowest BCUT2D eigenvalue weighted by molar-refractivity contribution is 0.0955. The Balaban J connectivity index is 2.60.